The largest absolute Gasteiger partial charge is 0.378 e. The van der Waals surface area contributed by atoms with Crippen LogP contribution in [0, 0.1) is 17.3 Å². The number of nitrogens with one attached hydrogen (secondary N) is 1. The van der Waals surface area contributed by atoms with Gasteiger partial charge in [-0.3, -0.25) is 0 Å². The molecule has 96 valence electrons. The zero-order valence-electron chi connectivity index (χ0n) is 11.2. The van der Waals surface area contributed by atoms with E-state index >= 15 is 0 Å². The first-order chi connectivity index (χ1) is 8.33. The van der Waals surface area contributed by atoms with Gasteiger partial charge in [0, 0.05) is 18.1 Å². The van der Waals surface area contributed by atoms with Crippen LogP contribution in [0.2, 0.25) is 0 Å². The van der Waals surface area contributed by atoms with Crippen molar-refractivity contribution in [1.29, 1.82) is 0 Å². The lowest BCUT2D eigenvalue weighted by Gasteiger charge is -2.57. The van der Waals surface area contributed by atoms with Crippen LogP contribution in [0.3, 0.4) is 0 Å². The number of ether oxygens (including phenoxy) is 1. The Labute approximate surface area is 105 Å². The van der Waals surface area contributed by atoms with Gasteiger partial charge in [-0.25, -0.2) is 0 Å². The van der Waals surface area contributed by atoms with Crippen LogP contribution in [-0.2, 0) is 4.74 Å². The van der Waals surface area contributed by atoms with Gasteiger partial charge >= 0.3 is 0 Å². The van der Waals surface area contributed by atoms with Crippen LogP contribution in [0.1, 0.15) is 52.4 Å². The van der Waals surface area contributed by atoms with Gasteiger partial charge in [-0.1, -0.05) is 25.2 Å². The molecule has 1 N–H and O–H groups in total. The highest BCUT2D eigenvalue weighted by Gasteiger charge is 2.55. The van der Waals surface area contributed by atoms with Crippen LogP contribution >= 0.6 is 0 Å². The van der Waals surface area contributed by atoms with Crippen LogP contribution in [0.25, 0.3) is 0 Å². The molecule has 0 aromatic heterocycles. The molecule has 0 bridgehead atoms. The molecule has 0 amide bonds. The zero-order chi connectivity index (χ0) is 12.1. The summed E-state index contributed by atoms with van der Waals surface area (Å²) in [6.45, 7) is 5.71. The van der Waals surface area contributed by atoms with Gasteiger partial charge in [0.05, 0.1) is 12.6 Å². The molecule has 2 nitrogen and oxygen atoms in total. The molecule has 2 rings (SSSR count). The number of hydrogen-bond acceptors (Lipinski definition) is 2. The third-order valence-corrected chi connectivity index (χ3v) is 4.55. The highest BCUT2D eigenvalue weighted by atomic mass is 16.5. The molecule has 2 saturated carbocycles. The molecule has 0 aromatic carbocycles. The first-order valence-corrected chi connectivity index (χ1v) is 7.08. The Balaban J connectivity index is 1.94. The second-order valence-electron chi connectivity index (χ2n) is 5.33. The van der Waals surface area contributed by atoms with E-state index in [1.165, 1.54) is 38.5 Å². The average molecular weight is 235 g/mol. The summed E-state index contributed by atoms with van der Waals surface area (Å²) in [4.78, 5) is 0. The topological polar surface area (TPSA) is 21.3 Å². The first kappa shape index (κ1) is 12.9. The standard InChI is InChI=1S/C15H25NO/c1-3-5-11-16-13-12-14(17-4-2)15(13)9-7-6-8-10-15/h13-14,16H,4,6-12H2,1-2H3. The molecule has 2 heteroatoms. The summed E-state index contributed by atoms with van der Waals surface area (Å²) < 4.78 is 5.93. The van der Waals surface area contributed by atoms with Crippen molar-refractivity contribution in [2.75, 3.05) is 13.2 Å². The summed E-state index contributed by atoms with van der Waals surface area (Å²) in [7, 11) is 0. The quantitative estimate of drug-likeness (QED) is 0.757. The highest BCUT2D eigenvalue weighted by Crippen LogP contribution is 2.53. The fourth-order valence-electron chi connectivity index (χ4n) is 3.61. The molecule has 0 aromatic rings. The maximum atomic E-state index is 5.93. The van der Waals surface area contributed by atoms with Crippen molar-refractivity contribution in [3.63, 3.8) is 0 Å². The van der Waals surface area contributed by atoms with E-state index in [-0.39, 0.29) is 0 Å². The van der Waals surface area contributed by atoms with Crippen molar-refractivity contribution in [3.8, 4) is 11.8 Å². The van der Waals surface area contributed by atoms with E-state index in [0.29, 0.717) is 17.6 Å². The number of rotatable bonds is 4. The molecule has 0 saturated heterocycles. The summed E-state index contributed by atoms with van der Waals surface area (Å²) in [5.41, 5.74) is 0.434. The van der Waals surface area contributed by atoms with Crippen molar-refractivity contribution in [2.24, 2.45) is 5.41 Å². The van der Waals surface area contributed by atoms with Crippen LogP contribution < -0.4 is 5.32 Å². The Bertz CT molecular complexity index is 296. The van der Waals surface area contributed by atoms with Crippen LogP contribution in [0.5, 0.6) is 0 Å². The Morgan fingerprint density at radius 3 is 2.71 bits per heavy atom. The molecular formula is C15H25NO. The zero-order valence-corrected chi connectivity index (χ0v) is 11.2. The SMILES string of the molecule is CC#CCNC1CC(OCC)C12CCCCC2. The van der Waals surface area contributed by atoms with Gasteiger partial charge in [0.25, 0.3) is 0 Å². The molecule has 0 heterocycles. The lowest BCUT2D eigenvalue weighted by molar-refractivity contribution is -0.149. The smallest absolute Gasteiger partial charge is 0.0661 e. The van der Waals surface area contributed by atoms with E-state index < -0.39 is 0 Å². The van der Waals surface area contributed by atoms with E-state index in [4.69, 9.17) is 4.74 Å². The summed E-state index contributed by atoms with van der Waals surface area (Å²) >= 11 is 0. The van der Waals surface area contributed by atoms with Crippen molar-refractivity contribution < 1.29 is 4.74 Å². The monoisotopic (exact) mass is 235 g/mol. The van der Waals surface area contributed by atoms with Crippen LogP contribution in [-0.4, -0.2) is 25.3 Å². The van der Waals surface area contributed by atoms with E-state index in [1.807, 2.05) is 6.92 Å². The fraction of sp³-hybridized carbons (Fsp3) is 0.867. The van der Waals surface area contributed by atoms with Crippen molar-refractivity contribution >= 4 is 0 Å². The Morgan fingerprint density at radius 1 is 1.29 bits per heavy atom. The lowest BCUT2D eigenvalue weighted by Crippen LogP contribution is -2.64. The minimum atomic E-state index is 0.434. The Hall–Kier alpha value is -0.520. The summed E-state index contributed by atoms with van der Waals surface area (Å²) in [5.74, 6) is 6.07. The van der Waals surface area contributed by atoms with E-state index in [2.05, 4.69) is 24.1 Å². The van der Waals surface area contributed by atoms with Gasteiger partial charge in [-0.15, -0.1) is 5.92 Å². The molecule has 2 fully saturated rings. The highest BCUT2D eigenvalue weighted by molar-refractivity contribution is 5.10. The van der Waals surface area contributed by atoms with Crippen LogP contribution in [0.15, 0.2) is 0 Å². The van der Waals surface area contributed by atoms with Gasteiger partial charge in [-0.2, -0.15) is 0 Å². The molecule has 2 atom stereocenters. The van der Waals surface area contributed by atoms with E-state index in [0.717, 1.165) is 13.2 Å². The first-order valence-electron chi connectivity index (χ1n) is 7.08. The molecular weight excluding hydrogens is 210 g/mol. The van der Waals surface area contributed by atoms with Gasteiger partial charge in [0.1, 0.15) is 0 Å². The van der Waals surface area contributed by atoms with Crippen molar-refractivity contribution in [2.45, 2.75) is 64.5 Å². The predicted molar refractivity (Wildman–Crippen MR) is 70.8 cm³/mol. The summed E-state index contributed by atoms with van der Waals surface area (Å²) in [5, 5.41) is 3.62. The molecule has 1 spiro atoms. The van der Waals surface area contributed by atoms with E-state index in [1.54, 1.807) is 0 Å². The minimum Gasteiger partial charge on any atom is -0.378 e. The molecule has 2 aliphatic carbocycles. The lowest BCUT2D eigenvalue weighted by atomic mass is 9.55. The minimum absolute atomic E-state index is 0.434. The number of hydrogen-bond donors (Lipinski definition) is 1. The predicted octanol–water partition coefficient (Wildman–Crippen LogP) is 2.73. The maximum absolute atomic E-state index is 5.93. The van der Waals surface area contributed by atoms with Crippen molar-refractivity contribution in [1.82, 2.24) is 5.32 Å². The third-order valence-electron chi connectivity index (χ3n) is 4.55. The second-order valence-corrected chi connectivity index (χ2v) is 5.33. The van der Waals surface area contributed by atoms with Gasteiger partial charge in [0.2, 0.25) is 0 Å². The van der Waals surface area contributed by atoms with E-state index in [9.17, 15) is 0 Å². The third kappa shape index (κ3) is 2.51. The molecule has 2 aliphatic rings. The Morgan fingerprint density at radius 2 is 2.06 bits per heavy atom. The van der Waals surface area contributed by atoms with Gasteiger partial charge < -0.3 is 10.1 Å². The maximum Gasteiger partial charge on any atom is 0.0661 e. The average Bonchev–Trinajstić information content (AvgIpc) is 2.38. The second kappa shape index (κ2) is 5.89. The molecule has 0 aliphatic heterocycles. The molecule has 2 unspecified atom stereocenters. The summed E-state index contributed by atoms with van der Waals surface area (Å²) in [6.07, 6.45) is 8.52. The Kier molecular flexibility index (Phi) is 4.48. The van der Waals surface area contributed by atoms with Crippen LogP contribution in [0.4, 0.5) is 0 Å². The normalized spacial score (nSPS) is 30.5. The van der Waals surface area contributed by atoms with Crippen molar-refractivity contribution in [3.05, 3.63) is 0 Å². The summed E-state index contributed by atoms with van der Waals surface area (Å²) in [6, 6.07) is 0.639. The molecule has 17 heavy (non-hydrogen) atoms. The van der Waals surface area contributed by atoms with Gasteiger partial charge in [0.15, 0.2) is 0 Å². The molecule has 0 radical (unpaired) electrons. The fourth-order valence-corrected chi connectivity index (χ4v) is 3.61. The van der Waals surface area contributed by atoms with Gasteiger partial charge in [-0.05, 0) is 33.1 Å².